The number of benzene rings is 1. The first kappa shape index (κ1) is 15.4. The highest BCUT2D eigenvalue weighted by Gasteiger charge is 2.38. The number of hydrogen-bond donors (Lipinski definition) is 1. The number of sulfonamides is 1. The molecule has 1 saturated heterocycles. The first-order valence-electron chi connectivity index (χ1n) is 6.69. The largest absolute Gasteiger partial charge is 0.380 e. The SMILES string of the molecule is COCc1ccc(S(=O)(=O)N2CCC(C)(CN)C2)cc1. The quantitative estimate of drug-likeness (QED) is 0.886. The Kier molecular flexibility index (Phi) is 4.49. The number of hydrogen-bond acceptors (Lipinski definition) is 4. The summed E-state index contributed by atoms with van der Waals surface area (Å²) in [5.74, 6) is 0. The van der Waals surface area contributed by atoms with E-state index in [1.165, 1.54) is 4.31 Å². The van der Waals surface area contributed by atoms with Crippen LogP contribution in [-0.2, 0) is 21.4 Å². The van der Waals surface area contributed by atoms with Crippen LogP contribution in [0.4, 0.5) is 0 Å². The maximum absolute atomic E-state index is 12.6. The van der Waals surface area contributed by atoms with E-state index in [-0.39, 0.29) is 5.41 Å². The lowest BCUT2D eigenvalue weighted by atomic mass is 9.90. The molecule has 1 aliphatic rings. The molecule has 2 rings (SSSR count). The maximum Gasteiger partial charge on any atom is 0.243 e. The molecule has 0 aliphatic carbocycles. The first-order valence-corrected chi connectivity index (χ1v) is 8.13. The van der Waals surface area contributed by atoms with Crippen molar-refractivity contribution in [3.05, 3.63) is 29.8 Å². The van der Waals surface area contributed by atoms with Gasteiger partial charge in [0.15, 0.2) is 0 Å². The summed E-state index contributed by atoms with van der Waals surface area (Å²) in [6.07, 6.45) is 0.810. The molecule has 0 radical (unpaired) electrons. The fraction of sp³-hybridized carbons (Fsp3) is 0.571. The van der Waals surface area contributed by atoms with E-state index in [1.807, 2.05) is 6.92 Å². The van der Waals surface area contributed by atoms with Gasteiger partial charge in [0.25, 0.3) is 0 Å². The van der Waals surface area contributed by atoms with Gasteiger partial charge < -0.3 is 10.5 Å². The Morgan fingerprint density at radius 2 is 2.00 bits per heavy atom. The van der Waals surface area contributed by atoms with Crippen LogP contribution in [0.1, 0.15) is 18.9 Å². The molecule has 1 atom stereocenters. The summed E-state index contributed by atoms with van der Waals surface area (Å²) in [6, 6.07) is 6.85. The summed E-state index contributed by atoms with van der Waals surface area (Å²) in [6.45, 7) is 4.05. The number of nitrogens with two attached hydrogens (primary N) is 1. The molecule has 1 aromatic carbocycles. The van der Waals surface area contributed by atoms with Crippen molar-refractivity contribution in [3.8, 4) is 0 Å². The third-order valence-electron chi connectivity index (χ3n) is 3.89. The van der Waals surface area contributed by atoms with Gasteiger partial charge in [-0.2, -0.15) is 4.31 Å². The Hall–Kier alpha value is -0.950. The molecular weight excluding hydrogens is 276 g/mol. The third kappa shape index (κ3) is 3.03. The van der Waals surface area contributed by atoms with Gasteiger partial charge in [-0.3, -0.25) is 0 Å². The lowest BCUT2D eigenvalue weighted by Crippen LogP contribution is -2.34. The summed E-state index contributed by atoms with van der Waals surface area (Å²) >= 11 is 0. The predicted molar refractivity (Wildman–Crippen MR) is 77.7 cm³/mol. The van der Waals surface area contributed by atoms with Crippen molar-refractivity contribution in [3.63, 3.8) is 0 Å². The van der Waals surface area contributed by atoms with E-state index in [0.717, 1.165) is 12.0 Å². The van der Waals surface area contributed by atoms with Gasteiger partial charge in [-0.1, -0.05) is 19.1 Å². The summed E-state index contributed by atoms with van der Waals surface area (Å²) in [5.41, 5.74) is 6.58. The number of methoxy groups -OCH3 is 1. The van der Waals surface area contributed by atoms with Gasteiger partial charge in [-0.15, -0.1) is 0 Å². The van der Waals surface area contributed by atoms with Crippen molar-refractivity contribution in [2.45, 2.75) is 24.8 Å². The summed E-state index contributed by atoms with van der Waals surface area (Å²) in [5, 5.41) is 0. The van der Waals surface area contributed by atoms with Crippen molar-refractivity contribution < 1.29 is 13.2 Å². The lowest BCUT2D eigenvalue weighted by molar-refractivity contribution is 0.185. The second-order valence-electron chi connectivity index (χ2n) is 5.68. The van der Waals surface area contributed by atoms with E-state index in [4.69, 9.17) is 10.5 Å². The fourth-order valence-corrected chi connectivity index (χ4v) is 4.02. The minimum absolute atomic E-state index is 0.108. The van der Waals surface area contributed by atoms with Gasteiger partial charge in [-0.25, -0.2) is 8.42 Å². The summed E-state index contributed by atoms with van der Waals surface area (Å²) in [4.78, 5) is 0.332. The molecule has 0 aromatic heterocycles. The molecule has 6 heteroatoms. The van der Waals surface area contributed by atoms with Crippen LogP contribution in [0.2, 0.25) is 0 Å². The summed E-state index contributed by atoms with van der Waals surface area (Å²) in [7, 11) is -1.80. The van der Waals surface area contributed by atoms with Crippen molar-refractivity contribution in [2.24, 2.45) is 11.1 Å². The smallest absolute Gasteiger partial charge is 0.243 e. The molecule has 0 amide bonds. The highest BCUT2D eigenvalue weighted by molar-refractivity contribution is 7.89. The van der Waals surface area contributed by atoms with Crippen molar-refractivity contribution in [1.29, 1.82) is 0 Å². The minimum Gasteiger partial charge on any atom is -0.380 e. The van der Waals surface area contributed by atoms with Crippen LogP contribution in [0, 0.1) is 5.41 Å². The Labute approximate surface area is 120 Å². The van der Waals surface area contributed by atoms with Gasteiger partial charge in [0.05, 0.1) is 11.5 Å². The van der Waals surface area contributed by atoms with Crippen LogP contribution in [0.15, 0.2) is 29.2 Å². The summed E-state index contributed by atoms with van der Waals surface area (Å²) < 4.78 is 31.7. The van der Waals surface area contributed by atoms with Crippen molar-refractivity contribution in [1.82, 2.24) is 4.31 Å². The second-order valence-corrected chi connectivity index (χ2v) is 7.62. The zero-order valence-electron chi connectivity index (χ0n) is 12.0. The maximum atomic E-state index is 12.6. The van der Waals surface area contributed by atoms with Crippen molar-refractivity contribution in [2.75, 3.05) is 26.7 Å². The monoisotopic (exact) mass is 298 g/mol. The van der Waals surface area contributed by atoms with E-state index in [0.29, 0.717) is 31.1 Å². The molecule has 2 N–H and O–H groups in total. The fourth-order valence-electron chi connectivity index (χ4n) is 2.42. The van der Waals surface area contributed by atoms with E-state index < -0.39 is 10.0 Å². The Morgan fingerprint density at radius 3 is 2.50 bits per heavy atom. The third-order valence-corrected chi connectivity index (χ3v) is 5.75. The molecule has 112 valence electrons. The van der Waals surface area contributed by atoms with Crippen LogP contribution in [0.3, 0.4) is 0 Å². The van der Waals surface area contributed by atoms with Gasteiger partial charge in [-0.05, 0) is 36.1 Å². The molecule has 1 heterocycles. The van der Waals surface area contributed by atoms with Crippen LogP contribution >= 0.6 is 0 Å². The Bertz CT molecular complexity index is 556. The van der Waals surface area contributed by atoms with Crippen molar-refractivity contribution >= 4 is 10.0 Å². The molecule has 0 bridgehead atoms. The molecule has 0 spiro atoms. The van der Waals surface area contributed by atoms with E-state index in [2.05, 4.69) is 0 Å². The molecule has 0 saturated carbocycles. The van der Waals surface area contributed by atoms with Gasteiger partial charge in [0.1, 0.15) is 0 Å². The van der Waals surface area contributed by atoms with Gasteiger partial charge in [0.2, 0.25) is 10.0 Å². The zero-order valence-corrected chi connectivity index (χ0v) is 12.8. The Morgan fingerprint density at radius 1 is 1.35 bits per heavy atom. The molecule has 1 unspecified atom stereocenters. The second kappa shape index (κ2) is 5.81. The molecular formula is C14H22N2O3S. The average Bonchev–Trinajstić information content (AvgIpc) is 2.84. The van der Waals surface area contributed by atoms with Gasteiger partial charge in [0, 0.05) is 20.2 Å². The highest BCUT2D eigenvalue weighted by Crippen LogP contribution is 2.32. The standard InChI is InChI=1S/C14H22N2O3S/c1-14(10-15)7-8-16(11-14)20(17,18)13-5-3-12(4-6-13)9-19-2/h3-6H,7-11,15H2,1-2H3. The predicted octanol–water partition coefficient (Wildman–Crippen LogP) is 1.19. The average molecular weight is 298 g/mol. The van der Waals surface area contributed by atoms with Crippen LogP contribution < -0.4 is 5.73 Å². The highest BCUT2D eigenvalue weighted by atomic mass is 32.2. The van der Waals surface area contributed by atoms with Crippen LogP contribution in [0.25, 0.3) is 0 Å². The molecule has 5 nitrogen and oxygen atoms in total. The number of rotatable bonds is 5. The first-order chi connectivity index (χ1) is 9.41. The zero-order chi connectivity index (χ0) is 14.8. The normalized spacial score (nSPS) is 24.1. The molecule has 20 heavy (non-hydrogen) atoms. The molecule has 1 aromatic rings. The van der Waals surface area contributed by atoms with E-state index >= 15 is 0 Å². The van der Waals surface area contributed by atoms with Crippen LogP contribution in [0.5, 0.6) is 0 Å². The van der Waals surface area contributed by atoms with E-state index in [1.54, 1.807) is 31.4 Å². The molecule has 1 aliphatic heterocycles. The Balaban J connectivity index is 2.19. The minimum atomic E-state index is -3.41. The number of ether oxygens (including phenoxy) is 1. The lowest BCUT2D eigenvalue weighted by Gasteiger charge is -2.22. The van der Waals surface area contributed by atoms with E-state index in [9.17, 15) is 8.42 Å². The molecule has 1 fully saturated rings. The van der Waals surface area contributed by atoms with Gasteiger partial charge >= 0.3 is 0 Å². The van der Waals surface area contributed by atoms with Crippen LogP contribution in [-0.4, -0.2) is 39.5 Å². The number of nitrogens with zero attached hydrogens (tertiary/aromatic N) is 1. The topological polar surface area (TPSA) is 72.6 Å².